The molecule has 1 aliphatic heterocycles. The van der Waals surface area contributed by atoms with Crippen molar-refractivity contribution in [3.05, 3.63) is 46.7 Å². The van der Waals surface area contributed by atoms with E-state index in [4.69, 9.17) is 12.2 Å². The normalized spacial score (nSPS) is 19.3. The Bertz CT molecular complexity index is 531. The van der Waals surface area contributed by atoms with Gasteiger partial charge in [-0.15, -0.1) is 0 Å². The minimum absolute atomic E-state index is 0.0561. The lowest BCUT2D eigenvalue weighted by Crippen LogP contribution is -2.44. The van der Waals surface area contributed by atoms with Gasteiger partial charge in [-0.3, -0.25) is 4.79 Å². The van der Waals surface area contributed by atoms with Gasteiger partial charge in [0.25, 0.3) is 0 Å². The SMILES string of the molecule is CC(=O)C1=C(C)NC(=S)NC1c1ccc(C)cc1. The van der Waals surface area contributed by atoms with Crippen LogP contribution < -0.4 is 10.6 Å². The summed E-state index contributed by atoms with van der Waals surface area (Å²) in [6.45, 7) is 5.50. The summed E-state index contributed by atoms with van der Waals surface area (Å²) in [6, 6.07) is 7.97. The first kappa shape index (κ1) is 12.8. The quantitative estimate of drug-likeness (QED) is 0.801. The van der Waals surface area contributed by atoms with Gasteiger partial charge < -0.3 is 10.6 Å². The lowest BCUT2D eigenvalue weighted by atomic mass is 9.93. The van der Waals surface area contributed by atoms with Crippen LogP contribution in [0.3, 0.4) is 0 Å². The highest BCUT2D eigenvalue weighted by molar-refractivity contribution is 7.80. The number of ketones is 1. The molecule has 94 valence electrons. The van der Waals surface area contributed by atoms with Crippen molar-refractivity contribution >= 4 is 23.1 Å². The van der Waals surface area contributed by atoms with Crippen LogP contribution in [-0.2, 0) is 4.79 Å². The summed E-state index contributed by atoms with van der Waals surface area (Å²) in [5, 5.41) is 6.71. The van der Waals surface area contributed by atoms with Crippen LogP contribution in [0.2, 0.25) is 0 Å². The van der Waals surface area contributed by atoms with Gasteiger partial charge in [-0.05, 0) is 38.6 Å². The number of hydrogen-bond donors (Lipinski definition) is 2. The maximum absolute atomic E-state index is 11.8. The highest BCUT2D eigenvalue weighted by atomic mass is 32.1. The van der Waals surface area contributed by atoms with Gasteiger partial charge in [0, 0.05) is 11.3 Å². The van der Waals surface area contributed by atoms with Gasteiger partial charge in [0.2, 0.25) is 0 Å². The van der Waals surface area contributed by atoms with Gasteiger partial charge in [-0.1, -0.05) is 29.8 Å². The first-order valence-corrected chi connectivity index (χ1v) is 6.25. The fourth-order valence-electron chi connectivity index (χ4n) is 2.17. The second kappa shape index (κ2) is 4.90. The molecule has 2 rings (SSSR count). The van der Waals surface area contributed by atoms with Crippen LogP contribution in [-0.4, -0.2) is 10.9 Å². The highest BCUT2D eigenvalue weighted by Gasteiger charge is 2.27. The molecule has 0 aromatic heterocycles. The molecule has 18 heavy (non-hydrogen) atoms. The van der Waals surface area contributed by atoms with Crippen LogP contribution in [0, 0.1) is 6.92 Å². The molecule has 4 heteroatoms. The van der Waals surface area contributed by atoms with E-state index in [1.54, 1.807) is 6.92 Å². The zero-order valence-electron chi connectivity index (χ0n) is 10.7. The summed E-state index contributed by atoms with van der Waals surface area (Å²) in [5.41, 5.74) is 3.82. The molecule has 1 aromatic carbocycles. The lowest BCUT2D eigenvalue weighted by molar-refractivity contribution is -0.114. The number of benzene rings is 1. The topological polar surface area (TPSA) is 41.1 Å². The first-order chi connectivity index (χ1) is 8.49. The third kappa shape index (κ3) is 2.43. The molecular weight excluding hydrogens is 244 g/mol. The maximum atomic E-state index is 11.8. The number of carbonyl (C=O) groups excluding carboxylic acids is 1. The first-order valence-electron chi connectivity index (χ1n) is 5.85. The molecular formula is C14H16N2OS. The van der Waals surface area contributed by atoms with Gasteiger partial charge in [-0.2, -0.15) is 0 Å². The van der Waals surface area contributed by atoms with Crippen molar-refractivity contribution in [1.82, 2.24) is 10.6 Å². The van der Waals surface area contributed by atoms with Crippen molar-refractivity contribution in [2.75, 3.05) is 0 Å². The van der Waals surface area contributed by atoms with E-state index in [-0.39, 0.29) is 11.8 Å². The summed E-state index contributed by atoms with van der Waals surface area (Å²) in [4.78, 5) is 11.8. The van der Waals surface area contributed by atoms with Crippen LogP contribution >= 0.6 is 12.2 Å². The summed E-state index contributed by atoms with van der Waals surface area (Å²) in [5.74, 6) is 0.0561. The molecule has 0 amide bonds. The zero-order valence-corrected chi connectivity index (χ0v) is 11.5. The van der Waals surface area contributed by atoms with Gasteiger partial charge in [0.05, 0.1) is 6.04 Å². The number of Topliss-reactive ketones (excluding diaryl/α,β-unsaturated/α-hetero) is 1. The molecule has 1 atom stereocenters. The predicted octanol–water partition coefficient (Wildman–Crippen LogP) is 2.38. The minimum Gasteiger partial charge on any atom is -0.351 e. The van der Waals surface area contributed by atoms with Crippen molar-refractivity contribution in [2.24, 2.45) is 0 Å². The van der Waals surface area contributed by atoms with E-state index in [0.29, 0.717) is 5.11 Å². The second-order valence-corrected chi connectivity index (χ2v) is 4.95. The molecule has 0 aliphatic carbocycles. The van der Waals surface area contributed by atoms with Crippen molar-refractivity contribution in [1.29, 1.82) is 0 Å². The highest BCUT2D eigenvalue weighted by Crippen LogP contribution is 2.27. The summed E-state index contributed by atoms with van der Waals surface area (Å²) < 4.78 is 0. The number of aryl methyl sites for hydroxylation is 1. The average Bonchev–Trinajstić information content (AvgIpc) is 2.28. The van der Waals surface area contributed by atoms with Gasteiger partial charge in [0.1, 0.15) is 0 Å². The maximum Gasteiger partial charge on any atom is 0.171 e. The number of nitrogens with one attached hydrogen (secondary N) is 2. The van der Waals surface area contributed by atoms with E-state index < -0.39 is 0 Å². The Morgan fingerprint density at radius 1 is 1.22 bits per heavy atom. The summed E-state index contributed by atoms with van der Waals surface area (Å²) in [7, 11) is 0. The third-order valence-electron chi connectivity index (χ3n) is 3.06. The van der Waals surface area contributed by atoms with Crippen LogP contribution in [0.4, 0.5) is 0 Å². The number of thiocarbonyl (C=S) groups is 1. The zero-order chi connectivity index (χ0) is 13.3. The molecule has 2 N–H and O–H groups in total. The van der Waals surface area contributed by atoms with Crippen LogP contribution in [0.5, 0.6) is 0 Å². The Hall–Kier alpha value is -1.68. The average molecular weight is 260 g/mol. The van der Waals surface area contributed by atoms with E-state index in [2.05, 4.69) is 10.6 Å². The molecule has 1 aliphatic rings. The molecule has 1 unspecified atom stereocenters. The second-order valence-electron chi connectivity index (χ2n) is 4.54. The summed E-state index contributed by atoms with van der Waals surface area (Å²) >= 11 is 5.16. The standard InChI is InChI=1S/C14H16N2OS/c1-8-4-6-11(7-5-8)13-12(10(3)17)9(2)15-14(18)16-13/h4-7,13H,1-3H3,(H2,15,16,18). The predicted molar refractivity (Wildman–Crippen MR) is 76.2 cm³/mol. The van der Waals surface area contributed by atoms with E-state index in [0.717, 1.165) is 16.8 Å². The van der Waals surface area contributed by atoms with E-state index in [1.807, 2.05) is 38.1 Å². The van der Waals surface area contributed by atoms with Crippen LogP contribution in [0.1, 0.15) is 31.0 Å². The van der Waals surface area contributed by atoms with Crippen molar-refractivity contribution in [3.63, 3.8) is 0 Å². The van der Waals surface area contributed by atoms with Crippen LogP contribution in [0.25, 0.3) is 0 Å². The Labute approximate surface area is 112 Å². The number of rotatable bonds is 2. The minimum atomic E-state index is -0.156. The Morgan fingerprint density at radius 3 is 2.39 bits per heavy atom. The van der Waals surface area contributed by atoms with Crippen molar-refractivity contribution < 1.29 is 4.79 Å². The third-order valence-corrected chi connectivity index (χ3v) is 3.28. The number of hydrogen-bond acceptors (Lipinski definition) is 2. The molecule has 0 fully saturated rings. The Kier molecular flexibility index (Phi) is 3.48. The van der Waals surface area contributed by atoms with Crippen LogP contribution in [0.15, 0.2) is 35.5 Å². The van der Waals surface area contributed by atoms with Gasteiger partial charge in [-0.25, -0.2) is 0 Å². The number of allylic oxidation sites excluding steroid dienone is 1. The van der Waals surface area contributed by atoms with Crippen molar-refractivity contribution in [2.45, 2.75) is 26.8 Å². The van der Waals surface area contributed by atoms with Gasteiger partial charge >= 0.3 is 0 Å². The fraction of sp³-hybridized carbons (Fsp3) is 0.286. The summed E-state index contributed by atoms with van der Waals surface area (Å²) in [6.07, 6.45) is 0. The lowest BCUT2D eigenvalue weighted by Gasteiger charge is -2.29. The smallest absolute Gasteiger partial charge is 0.171 e. The molecule has 1 aromatic rings. The molecule has 0 spiro atoms. The largest absolute Gasteiger partial charge is 0.351 e. The molecule has 0 saturated heterocycles. The molecule has 1 heterocycles. The van der Waals surface area contributed by atoms with Gasteiger partial charge in [0.15, 0.2) is 10.9 Å². The Morgan fingerprint density at radius 2 is 1.83 bits per heavy atom. The van der Waals surface area contributed by atoms with E-state index in [9.17, 15) is 4.79 Å². The number of carbonyl (C=O) groups is 1. The van der Waals surface area contributed by atoms with Crippen molar-refractivity contribution in [3.8, 4) is 0 Å². The molecule has 0 radical (unpaired) electrons. The van der Waals surface area contributed by atoms with E-state index >= 15 is 0 Å². The monoisotopic (exact) mass is 260 g/mol. The van der Waals surface area contributed by atoms with E-state index in [1.165, 1.54) is 5.56 Å². The fourth-order valence-corrected chi connectivity index (χ4v) is 2.44. The molecule has 3 nitrogen and oxygen atoms in total. The molecule has 0 bridgehead atoms. The molecule has 0 saturated carbocycles. The Balaban J connectivity index is 2.46.